The van der Waals surface area contributed by atoms with Gasteiger partial charge in [-0.2, -0.15) is 12.6 Å². The zero-order valence-electron chi connectivity index (χ0n) is 5.44. The van der Waals surface area contributed by atoms with Crippen LogP contribution in [0.2, 0.25) is 0 Å². The maximum Gasteiger partial charge on any atom is 0.0304 e. The third kappa shape index (κ3) is 2.87. The molecule has 0 heterocycles. The fourth-order valence-electron chi connectivity index (χ4n) is 0.724. The van der Waals surface area contributed by atoms with Crippen LogP contribution in [0.1, 0.15) is 5.56 Å². The molecule has 0 aliphatic rings. The Labute approximate surface area is 113 Å². The summed E-state index contributed by atoms with van der Waals surface area (Å²) in [5.74, 6) is 0.825. The van der Waals surface area contributed by atoms with Gasteiger partial charge in [-0.25, -0.2) is 0 Å². The van der Waals surface area contributed by atoms with Gasteiger partial charge in [0.25, 0.3) is 0 Å². The van der Waals surface area contributed by atoms with E-state index in [0.29, 0.717) is 0 Å². The predicted molar refractivity (Wildman–Crippen MR) is 77.3 cm³/mol. The molecule has 1 aromatic rings. The summed E-state index contributed by atoms with van der Waals surface area (Å²) in [5, 5.41) is 0. The first-order valence-corrected chi connectivity index (χ1v) is 6.76. The Morgan fingerprint density at radius 3 is 2.36 bits per heavy atom. The van der Waals surface area contributed by atoms with E-state index in [-0.39, 0.29) is 0 Å². The minimum Gasteiger partial charge on any atom is -0.175 e. The molecule has 0 aliphatic heterocycles. The first-order chi connectivity index (χ1) is 5.15. The average molecular weight is 502 g/mol. The molecule has 1 aromatic carbocycles. The maximum absolute atomic E-state index is 4.26. The van der Waals surface area contributed by atoms with E-state index >= 15 is 0 Å². The van der Waals surface area contributed by atoms with Crippen LogP contribution in [-0.4, -0.2) is 0 Å². The Morgan fingerprint density at radius 1 is 1.18 bits per heavy atom. The molecule has 60 valence electrons. The van der Waals surface area contributed by atoms with Crippen LogP contribution in [0.5, 0.6) is 0 Å². The molecule has 0 radical (unpaired) electrons. The van der Waals surface area contributed by atoms with Crippen molar-refractivity contribution in [1.29, 1.82) is 0 Å². The van der Waals surface area contributed by atoms with Crippen molar-refractivity contribution in [3.8, 4) is 0 Å². The zero-order valence-corrected chi connectivity index (χ0v) is 12.8. The lowest BCUT2D eigenvalue weighted by molar-refractivity contribution is 1.35. The molecule has 0 nitrogen and oxygen atoms in total. The topological polar surface area (TPSA) is 0 Å². The number of hydrogen-bond donors (Lipinski definition) is 1. The van der Waals surface area contributed by atoms with Gasteiger partial charge in [0.05, 0.1) is 0 Å². The number of hydrogen-bond acceptors (Lipinski definition) is 1. The molecule has 0 spiro atoms. The molecule has 1 rings (SSSR count). The van der Waals surface area contributed by atoms with Crippen molar-refractivity contribution in [2.45, 2.75) is 5.75 Å². The molecule has 0 saturated carbocycles. The van der Waals surface area contributed by atoms with Crippen molar-refractivity contribution < 1.29 is 0 Å². The van der Waals surface area contributed by atoms with Gasteiger partial charge in [-0.15, -0.1) is 0 Å². The Kier molecular flexibility index (Phi) is 4.78. The molecule has 4 heteroatoms. The van der Waals surface area contributed by atoms with Crippen LogP contribution < -0.4 is 0 Å². The second-order valence-electron chi connectivity index (χ2n) is 2.02. The molecule has 0 atom stereocenters. The van der Waals surface area contributed by atoms with E-state index in [1.165, 1.54) is 16.3 Å². The highest BCUT2D eigenvalue weighted by Crippen LogP contribution is 2.23. The summed E-state index contributed by atoms with van der Waals surface area (Å²) < 4.78 is 3.94. The van der Waals surface area contributed by atoms with Crippen LogP contribution in [0.25, 0.3) is 0 Å². The number of benzene rings is 1. The van der Waals surface area contributed by atoms with Gasteiger partial charge < -0.3 is 0 Å². The van der Waals surface area contributed by atoms with Gasteiger partial charge in [0, 0.05) is 16.5 Å². The zero-order chi connectivity index (χ0) is 8.43. The molecule has 0 saturated heterocycles. The summed E-state index contributed by atoms with van der Waals surface area (Å²) in [7, 11) is 0. The molecular formula is C7H5I3S. The van der Waals surface area contributed by atoms with Crippen LogP contribution >= 0.6 is 80.4 Å². The molecular weight excluding hydrogens is 497 g/mol. The van der Waals surface area contributed by atoms with Crippen molar-refractivity contribution in [3.63, 3.8) is 0 Å². The van der Waals surface area contributed by atoms with Crippen molar-refractivity contribution in [2.75, 3.05) is 0 Å². The van der Waals surface area contributed by atoms with Crippen molar-refractivity contribution >= 4 is 80.4 Å². The lowest BCUT2D eigenvalue weighted by Gasteiger charge is -2.03. The Balaban J connectivity index is 3.24. The maximum atomic E-state index is 4.26. The van der Waals surface area contributed by atoms with Gasteiger partial charge in [-0.05, 0) is 85.5 Å². The molecule has 0 amide bonds. The van der Waals surface area contributed by atoms with E-state index in [9.17, 15) is 0 Å². The first kappa shape index (κ1) is 10.8. The fraction of sp³-hybridized carbons (Fsp3) is 0.143. The van der Waals surface area contributed by atoms with Crippen LogP contribution in [0.4, 0.5) is 0 Å². The smallest absolute Gasteiger partial charge is 0.0304 e. The van der Waals surface area contributed by atoms with Gasteiger partial charge in [0.1, 0.15) is 0 Å². The lowest BCUT2D eigenvalue weighted by atomic mass is 10.2. The van der Waals surface area contributed by atoms with Crippen LogP contribution in [-0.2, 0) is 5.75 Å². The van der Waals surface area contributed by atoms with Crippen molar-refractivity contribution in [2.24, 2.45) is 0 Å². The monoisotopic (exact) mass is 502 g/mol. The van der Waals surface area contributed by atoms with Gasteiger partial charge in [0.2, 0.25) is 0 Å². The van der Waals surface area contributed by atoms with E-state index in [1.807, 2.05) is 0 Å². The highest BCUT2D eigenvalue weighted by Gasteiger charge is 2.03. The summed E-state index contributed by atoms with van der Waals surface area (Å²) in [6, 6.07) is 4.35. The van der Waals surface area contributed by atoms with Crippen molar-refractivity contribution in [3.05, 3.63) is 28.4 Å². The summed E-state index contributed by atoms with van der Waals surface area (Å²) in [6.45, 7) is 0. The molecule has 0 bridgehead atoms. The van der Waals surface area contributed by atoms with E-state index in [4.69, 9.17) is 0 Å². The third-order valence-electron chi connectivity index (χ3n) is 1.24. The van der Waals surface area contributed by atoms with Gasteiger partial charge in [-0.3, -0.25) is 0 Å². The number of thiol groups is 1. The minimum atomic E-state index is 0.825. The Bertz CT molecular complexity index is 273. The average Bonchev–Trinajstić information content (AvgIpc) is 1.96. The summed E-state index contributed by atoms with van der Waals surface area (Å²) in [6.07, 6.45) is 0. The minimum absolute atomic E-state index is 0.825. The first-order valence-electron chi connectivity index (χ1n) is 2.89. The van der Waals surface area contributed by atoms with Gasteiger partial charge >= 0.3 is 0 Å². The highest BCUT2D eigenvalue weighted by molar-refractivity contribution is 14.1. The Morgan fingerprint density at radius 2 is 1.82 bits per heavy atom. The van der Waals surface area contributed by atoms with Gasteiger partial charge in [0.15, 0.2) is 0 Å². The molecule has 0 aromatic heterocycles. The molecule has 0 fully saturated rings. The molecule has 0 N–H and O–H groups in total. The third-order valence-corrected chi connectivity index (χ3v) is 5.36. The van der Waals surface area contributed by atoms with E-state index in [2.05, 4.69) is 92.5 Å². The summed E-state index contributed by atoms with van der Waals surface area (Å²) >= 11 is 11.3. The number of halogens is 3. The van der Waals surface area contributed by atoms with Crippen molar-refractivity contribution in [1.82, 2.24) is 0 Å². The highest BCUT2D eigenvalue weighted by atomic mass is 127. The summed E-state index contributed by atoms with van der Waals surface area (Å²) in [4.78, 5) is 0. The predicted octanol–water partition coefficient (Wildman–Crippen LogP) is 3.93. The SMILES string of the molecule is SCc1cc(I)cc(I)c1I. The van der Waals surface area contributed by atoms with Crippen LogP contribution in [0.3, 0.4) is 0 Å². The molecule has 11 heavy (non-hydrogen) atoms. The molecule has 0 unspecified atom stereocenters. The number of rotatable bonds is 1. The Hall–Kier alpha value is 1.76. The van der Waals surface area contributed by atoms with E-state index in [1.54, 1.807) is 0 Å². The lowest BCUT2D eigenvalue weighted by Crippen LogP contribution is -1.89. The van der Waals surface area contributed by atoms with Crippen LogP contribution in [0.15, 0.2) is 12.1 Å². The molecule has 0 aliphatic carbocycles. The van der Waals surface area contributed by atoms with E-state index in [0.717, 1.165) is 5.75 Å². The second kappa shape index (κ2) is 4.85. The normalized spacial score (nSPS) is 10.2. The quantitative estimate of drug-likeness (QED) is 0.336. The largest absolute Gasteiger partial charge is 0.175 e. The second-order valence-corrected chi connectivity index (χ2v) is 5.82. The van der Waals surface area contributed by atoms with Gasteiger partial charge in [-0.1, -0.05) is 0 Å². The summed E-state index contributed by atoms with van der Waals surface area (Å²) in [5.41, 5.74) is 1.32. The standard InChI is InChI=1S/C7H5I3S/c8-5-1-4(3-11)7(10)6(9)2-5/h1-2,11H,3H2. The van der Waals surface area contributed by atoms with Crippen LogP contribution in [0, 0.1) is 10.7 Å². The van der Waals surface area contributed by atoms with E-state index < -0.39 is 0 Å². The fourth-order valence-corrected chi connectivity index (χ4v) is 3.74.